The second kappa shape index (κ2) is 18.9. The van der Waals surface area contributed by atoms with Crippen molar-refractivity contribution in [2.24, 2.45) is 0 Å². The number of nitrogens with zero attached hydrogens (tertiary/aromatic N) is 4. The minimum absolute atomic E-state index is 0.125. The molecule has 0 fully saturated rings. The number of aryl methyl sites for hydroxylation is 2. The van der Waals surface area contributed by atoms with Gasteiger partial charge in [-0.1, -0.05) is 209 Å². The van der Waals surface area contributed by atoms with Crippen molar-refractivity contribution in [2.75, 3.05) is 19.6 Å². The summed E-state index contributed by atoms with van der Waals surface area (Å²) in [6.45, 7) is 28.7. The number of benzene rings is 11. The summed E-state index contributed by atoms with van der Waals surface area (Å²) in [4.78, 5) is 10.1. The van der Waals surface area contributed by atoms with Crippen LogP contribution in [0.2, 0.25) is 0 Å². The highest BCUT2D eigenvalue weighted by Gasteiger charge is 2.48. The Morgan fingerprint density at radius 1 is 0.349 bits per heavy atom. The summed E-state index contributed by atoms with van der Waals surface area (Å²) < 4.78 is 0. The maximum atomic E-state index is 2.63. The predicted octanol–water partition coefficient (Wildman–Crippen LogP) is 22.4. The Hall–Kier alpha value is -9.12. The first-order valence-electron chi connectivity index (χ1n) is 31.0. The first-order chi connectivity index (χ1) is 41.2. The first kappa shape index (κ1) is 53.6. The van der Waals surface area contributed by atoms with Gasteiger partial charge < -0.3 is 19.6 Å². The van der Waals surface area contributed by atoms with Gasteiger partial charge in [-0.25, -0.2) is 0 Å². The summed E-state index contributed by atoms with van der Waals surface area (Å²) in [5.74, 6) is 0. The van der Waals surface area contributed by atoms with Crippen molar-refractivity contribution in [3.63, 3.8) is 0 Å². The van der Waals surface area contributed by atoms with Crippen LogP contribution in [0.15, 0.2) is 231 Å². The highest BCUT2D eigenvalue weighted by atomic mass is 15.2. The van der Waals surface area contributed by atoms with Gasteiger partial charge in [0.25, 0.3) is 0 Å². The molecule has 4 aliphatic rings. The summed E-state index contributed by atoms with van der Waals surface area (Å²) in [6, 6.07) is 87.5. The van der Waals surface area contributed by atoms with Gasteiger partial charge in [0, 0.05) is 55.5 Å². The van der Waals surface area contributed by atoms with Crippen LogP contribution in [-0.2, 0) is 33.5 Å². The fourth-order valence-electron chi connectivity index (χ4n) is 16.0. The average Bonchev–Trinajstić information content (AvgIpc) is 0.704. The number of para-hydroxylation sites is 4. The molecule has 0 amide bonds. The third-order valence-electron chi connectivity index (χ3n) is 20.4. The minimum atomic E-state index is -0.291. The van der Waals surface area contributed by atoms with Crippen molar-refractivity contribution in [1.29, 1.82) is 0 Å². The Balaban J connectivity index is 0.801. The molecular weight excluding hydrogens is 1040 g/mol. The summed E-state index contributed by atoms with van der Waals surface area (Å²) in [5, 5.41) is 2.46. The zero-order valence-corrected chi connectivity index (χ0v) is 51.9. The molecule has 4 heterocycles. The van der Waals surface area contributed by atoms with Crippen molar-refractivity contribution in [3.8, 4) is 0 Å². The SMILES string of the molecule is Cc1cc(C)cc(N(c2ccc3c(c2)C(C)(C)c2cccc4c2N3c2cccc(CC(C)(C)c3ccc(N(c5ccccc5)c5ccc6c(c5)C(C)(C)c5cccc7c5N6c5ccccc5C7(C)C)cc3)c2C4(C)C)c2cccc3ccccc23)c1. The third-order valence-corrected chi connectivity index (χ3v) is 20.4. The Labute approximate surface area is 509 Å². The van der Waals surface area contributed by atoms with Crippen LogP contribution < -0.4 is 19.6 Å². The molecule has 11 aromatic carbocycles. The van der Waals surface area contributed by atoms with Crippen LogP contribution in [-0.4, -0.2) is 0 Å². The van der Waals surface area contributed by atoms with Crippen LogP contribution in [0.25, 0.3) is 10.8 Å². The smallest absolute Gasteiger partial charge is 0.0543 e. The number of anilines is 12. The molecule has 424 valence electrons. The highest BCUT2D eigenvalue weighted by molar-refractivity contribution is 6.01. The van der Waals surface area contributed by atoms with E-state index in [2.05, 4.69) is 333 Å². The van der Waals surface area contributed by atoms with Crippen molar-refractivity contribution in [2.45, 2.75) is 117 Å². The molecule has 0 bridgehead atoms. The topological polar surface area (TPSA) is 13.0 Å². The maximum Gasteiger partial charge on any atom is 0.0543 e. The molecule has 0 aliphatic carbocycles. The molecule has 4 heteroatoms. The van der Waals surface area contributed by atoms with Crippen LogP contribution in [0.1, 0.15) is 136 Å². The lowest BCUT2D eigenvalue weighted by Gasteiger charge is -2.50. The molecule has 0 saturated carbocycles. The number of rotatable bonds is 9. The molecule has 11 aromatic rings. The molecule has 15 rings (SSSR count). The van der Waals surface area contributed by atoms with E-state index in [1.807, 2.05) is 0 Å². The Morgan fingerprint density at radius 3 is 1.44 bits per heavy atom. The predicted molar refractivity (Wildman–Crippen MR) is 364 cm³/mol. The largest absolute Gasteiger partial charge is 0.310 e. The van der Waals surface area contributed by atoms with E-state index in [-0.39, 0.29) is 27.1 Å². The molecule has 0 unspecified atom stereocenters. The van der Waals surface area contributed by atoms with E-state index in [4.69, 9.17) is 0 Å². The van der Waals surface area contributed by atoms with Gasteiger partial charge >= 0.3 is 0 Å². The lowest BCUT2D eigenvalue weighted by Crippen LogP contribution is -2.39. The fourth-order valence-corrected chi connectivity index (χ4v) is 16.0. The first-order valence-corrected chi connectivity index (χ1v) is 31.0. The van der Waals surface area contributed by atoms with Crippen molar-refractivity contribution in [3.05, 3.63) is 297 Å². The standard InChI is InChI=1S/C82H76N4/c1-52-46-53(2)48-61(47-52)84(70-36-20-25-54-24-16-17-29-62(54)70)60-43-45-73-69(50-60)81(9,10)66-33-23-34-67-77(66)86(73)74-37-21-26-55(75(74)82(67,11)12)51-78(3,4)56-38-40-58(41-39-56)83(57-27-14-13-15-28-57)59-42-44-72-68(49-59)80(7,8)65-32-22-31-64-76(65)85(72)71-35-19-18-30-63(71)79(64,5)6/h13-50H,51H2,1-12H3. The average molecular weight is 1120 g/mol. The maximum absolute atomic E-state index is 2.63. The van der Waals surface area contributed by atoms with Gasteiger partial charge in [0.1, 0.15) is 0 Å². The van der Waals surface area contributed by atoms with Gasteiger partial charge in [-0.3, -0.25) is 0 Å². The number of hydrogen-bond donors (Lipinski definition) is 0. The number of fused-ring (bicyclic) bond motifs is 9. The second-order valence-electron chi connectivity index (χ2n) is 27.8. The van der Waals surface area contributed by atoms with Crippen LogP contribution in [0, 0.1) is 13.8 Å². The van der Waals surface area contributed by atoms with Gasteiger partial charge in [0.05, 0.1) is 39.8 Å². The summed E-state index contributed by atoms with van der Waals surface area (Å²) in [5.41, 5.74) is 29.5. The minimum Gasteiger partial charge on any atom is -0.310 e. The summed E-state index contributed by atoms with van der Waals surface area (Å²) in [7, 11) is 0. The molecule has 0 N–H and O–H groups in total. The third kappa shape index (κ3) is 7.87. The molecule has 4 nitrogen and oxygen atoms in total. The Bertz CT molecular complexity index is 4550. The van der Waals surface area contributed by atoms with Crippen LogP contribution in [0.4, 0.5) is 68.2 Å². The van der Waals surface area contributed by atoms with Gasteiger partial charge in [0.2, 0.25) is 0 Å². The molecule has 0 saturated heterocycles. The zero-order chi connectivity index (χ0) is 59.4. The normalized spacial score (nSPS) is 15.8. The van der Waals surface area contributed by atoms with E-state index in [1.165, 1.54) is 117 Å². The Kier molecular flexibility index (Phi) is 11.8. The molecule has 0 atom stereocenters. The van der Waals surface area contributed by atoms with Crippen molar-refractivity contribution < 1.29 is 0 Å². The molecule has 0 radical (unpaired) electrons. The van der Waals surface area contributed by atoms with Crippen molar-refractivity contribution >= 4 is 79.0 Å². The molecule has 86 heavy (non-hydrogen) atoms. The lowest BCUT2D eigenvalue weighted by molar-refractivity contribution is 0.511. The van der Waals surface area contributed by atoms with Gasteiger partial charge in [0.15, 0.2) is 0 Å². The van der Waals surface area contributed by atoms with E-state index in [1.54, 1.807) is 0 Å². The van der Waals surface area contributed by atoms with E-state index in [0.717, 1.165) is 34.9 Å². The van der Waals surface area contributed by atoms with E-state index in [9.17, 15) is 0 Å². The van der Waals surface area contributed by atoms with Crippen LogP contribution >= 0.6 is 0 Å². The van der Waals surface area contributed by atoms with Gasteiger partial charge in [-0.15, -0.1) is 0 Å². The van der Waals surface area contributed by atoms with E-state index >= 15 is 0 Å². The van der Waals surface area contributed by atoms with Gasteiger partial charge in [-0.2, -0.15) is 0 Å². The highest BCUT2D eigenvalue weighted by Crippen LogP contribution is 2.63. The van der Waals surface area contributed by atoms with Crippen molar-refractivity contribution in [1.82, 2.24) is 0 Å². The molecular formula is C82H76N4. The van der Waals surface area contributed by atoms with Crippen LogP contribution in [0.3, 0.4) is 0 Å². The number of hydrogen-bond acceptors (Lipinski definition) is 4. The molecule has 4 aliphatic heterocycles. The van der Waals surface area contributed by atoms with E-state index < -0.39 is 0 Å². The fraction of sp³-hybridized carbons (Fsp3) is 0.220. The second-order valence-corrected chi connectivity index (χ2v) is 27.8. The quantitative estimate of drug-likeness (QED) is 0.143. The van der Waals surface area contributed by atoms with Crippen LogP contribution in [0.5, 0.6) is 0 Å². The lowest BCUT2D eigenvalue weighted by atomic mass is 9.64. The van der Waals surface area contributed by atoms with Gasteiger partial charge in [-0.05, 0) is 189 Å². The molecule has 0 aromatic heterocycles. The summed E-state index contributed by atoms with van der Waals surface area (Å²) in [6.07, 6.45) is 0.872. The Morgan fingerprint density at radius 2 is 0.802 bits per heavy atom. The van der Waals surface area contributed by atoms with E-state index in [0.29, 0.717) is 0 Å². The monoisotopic (exact) mass is 1120 g/mol. The summed E-state index contributed by atoms with van der Waals surface area (Å²) >= 11 is 0. The zero-order valence-electron chi connectivity index (χ0n) is 51.9. The molecule has 0 spiro atoms.